The van der Waals surface area contributed by atoms with Crippen LogP contribution in [0.1, 0.15) is 12.8 Å². The van der Waals surface area contributed by atoms with Crippen molar-refractivity contribution in [3.05, 3.63) is 42.5 Å². The van der Waals surface area contributed by atoms with Gasteiger partial charge in [-0.15, -0.1) is 0 Å². The third-order valence-electron chi connectivity index (χ3n) is 5.88. The Labute approximate surface area is 194 Å². The molecule has 0 radical (unpaired) electrons. The first-order valence-electron chi connectivity index (χ1n) is 11.0. The van der Waals surface area contributed by atoms with Gasteiger partial charge in [-0.3, -0.25) is 4.79 Å². The van der Waals surface area contributed by atoms with Gasteiger partial charge in [0, 0.05) is 37.9 Å². The lowest BCUT2D eigenvalue weighted by Gasteiger charge is -2.36. The number of hydrogen-bond acceptors (Lipinski definition) is 7. The summed E-state index contributed by atoms with van der Waals surface area (Å²) in [6.45, 7) is 2.76. The number of methoxy groups -OCH3 is 2. The highest BCUT2D eigenvalue weighted by Crippen LogP contribution is 2.29. The first-order valence-corrected chi connectivity index (χ1v) is 12.5. The maximum absolute atomic E-state index is 12.8. The maximum atomic E-state index is 12.8. The molecule has 33 heavy (non-hydrogen) atoms. The maximum Gasteiger partial charge on any atom is 0.241 e. The predicted molar refractivity (Wildman–Crippen MR) is 127 cm³/mol. The van der Waals surface area contributed by atoms with E-state index in [0.29, 0.717) is 24.5 Å². The van der Waals surface area contributed by atoms with Crippen LogP contribution in [0.25, 0.3) is 0 Å². The van der Waals surface area contributed by atoms with E-state index >= 15 is 0 Å². The monoisotopic (exact) mass is 474 g/mol. The predicted octanol–water partition coefficient (Wildman–Crippen LogP) is 1.91. The van der Waals surface area contributed by atoms with Crippen LogP contribution in [0.3, 0.4) is 0 Å². The molecule has 1 aliphatic heterocycles. The van der Waals surface area contributed by atoms with E-state index in [9.17, 15) is 13.2 Å². The van der Waals surface area contributed by atoms with Gasteiger partial charge in [-0.25, -0.2) is 13.1 Å². The number of nitrogens with zero attached hydrogens (tertiary/aromatic N) is 2. The molecule has 1 saturated carbocycles. The first kappa shape index (κ1) is 23.2. The Morgan fingerprint density at radius 3 is 2.30 bits per heavy atom. The Morgan fingerprint density at radius 1 is 1.00 bits per heavy atom. The highest BCUT2D eigenvalue weighted by atomic mass is 32.2. The van der Waals surface area contributed by atoms with Gasteiger partial charge < -0.3 is 24.6 Å². The minimum atomic E-state index is -3.59. The van der Waals surface area contributed by atoms with E-state index in [1.165, 1.54) is 19.2 Å². The molecule has 1 aliphatic carbocycles. The number of sulfonamides is 1. The van der Waals surface area contributed by atoms with E-state index in [1.807, 2.05) is 29.2 Å². The molecule has 0 bridgehead atoms. The smallest absolute Gasteiger partial charge is 0.241 e. The van der Waals surface area contributed by atoms with E-state index in [2.05, 4.69) is 14.9 Å². The van der Waals surface area contributed by atoms with Crippen molar-refractivity contribution >= 4 is 27.3 Å². The van der Waals surface area contributed by atoms with Gasteiger partial charge in [0.25, 0.3) is 0 Å². The summed E-state index contributed by atoms with van der Waals surface area (Å²) < 4.78 is 38.3. The normalized spacial score (nSPS) is 16.4. The molecule has 9 nitrogen and oxygen atoms in total. The van der Waals surface area contributed by atoms with Crippen molar-refractivity contribution in [1.29, 1.82) is 0 Å². The number of carbonyl (C=O) groups is 1. The lowest BCUT2D eigenvalue weighted by molar-refractivity contribution is -0.129. The molecular formula is C23H30N4O5S. The quantitative estimate of drug-likeness (QED) is 0.573. The van der Waals surface area contributed by atoms with Crippen LogP contribution in [0.2, 0.25) is 0 Å². The van der Waals surface area contributed by atoms with E-state index in [1.54, 1.807) is 13.2 Å². The molecule has 1 saturated heterocycles. The SMILES string of the molecule is COc1ccc(N2CCN(C(=O)CNc3cc(S(=O)(=O)NC4CC4)ccc3OC)CC2)cc1. The van der Waals surface area contributed by atoms with Gasteiger partial charge in [0.05, 0.1) is 31.3 Å². The van der Waals surface area contributed by atoms with Crippen molar-refractivity contribution in [2.75, 3.05) is 57.2 Å². The van der Waals surface area contributed by atoms with E-state index in [-0.39, 0.29) is 23.4 Å². The summed E-state index contributed by atoms with van der Waals surface area (Å²) in [5, 5.41) is 3.06. The minimum absolute atomic E-state index is 0.0201. The van der Waals surface area contributed by atoms with Crippen molar-refractivity contribution < 1.29 is 22.7 Å². The lowest BCUT2D eigenvalue weighted by atomic mass is 10.2. The van der Waals surface area contributed by atoms with E-state index in [4.69, 9.17) is 9.47 Å². The van der Waals surface area contributed by atoms with Gasteiger partial charge in [0.15, 0.2) is 0 Å². The molecule has 10 heteroatoms. The van der Waals surface area contributed by atoms with Crippen molar-refractivity contribution in [3.63, 3.8) is 0 Å². The molecule has 2 N–H and O–H groups in total. The Balaban J connectivity index is 1.34. The Bertz CT molecular complexity index is 1080. The number of carbonyl (C=O) groups excluding carboxylic acids is 1. The number of ether oxygens (including phenoxy) is 2. The third kappa shape index (κ3) is 5.69. The van der Waals surface area contributed by atoms with Crippen molar-refractivity contribution in [3.8, 4) is 11.5 Å². The minimum Gasteiger partial charge on any atom is -0.497 e. The van der Waals surface area contributed by atoms with Gasteiger partial charge >= 0.3 is 0 Å². The summed E-state index contributed by atoms with van der Waals surface area (Å²) in [5.41, 5.74) is 1.57. The van der Waals surface area contributed by atoms with E-state index < -0.39 is 10.0 Å². The fourth-order valence-corrected chi connectivity index (χ4v) is 5.10. The van der Waals surface area contributed by atoms with Crippen molar-refractivity contribution in [2.24, 2.45) is 0 Å². The van der Waals surface area contributed by atoms with Gasteiger partial charge in [-0.2, -0.15) is 0 Å². The second kappa shape index (κ2) is 9.88. The van der Waals surface area contributed by atoms with Crippen LogP contribution >= 0.6 is 0 Å². The van der Waals surface area contributed by atoms with Gasteiger partial charge in [0.2, 0.25) is 15.9 Å². The number of amides is 1. The highest BCUT2D eigenvalue weighted by Gasteiger charge is 2.28. The largest absolute Gasteiger partial charge is 0.497 e. The number of anilines is 2. The van der Waals surface area contributed by atoms with Crippen LogP contribution in [0.15, 0.2) is 47.4 Å². The van der Waals surface area contributed by atoms with Crippen molar-refractivity contribution in [2.45, 2.75) is 23.8 Å². The van der Waals surface area contributed by atoms with Crippen LogP contribution in [0.5, 0.6) is 11.5 Å². The summed E-state index contributed by atoms with van der Waals surface area (Å²) >= 11 is 0. The second-order valence-electron chi connectivity index (χ2n) is 8.18. The Morgan fingerprint density at radius 2 is 1.70 bits per heavy atom. The van der Waals surface area contributed by atoms with Crippen LogP contribution in [-0.4, -0.2) is 72.2 Å². The highest BCUT2D eigenvalue weighted by molar-refractivity contribution is 7.89. The summed E-state index contributed by atoms with van der Waals surface area (Å²) in [4.78, 5) is 17.0. The van der Waals surface area contributed by atoms with Gasteiger partial charge in [0.1, 0.15) is 11.5 Å². The summed E-state index contributed by atoms with van der Waals surface area (Å²) in [5.74, 6) is 1.25. The Hall–Kier alpha value is -2.98. The standard InChI is InChI=1S/C23H30N4O5S/c1-31-19-7-5-18(6-8-19)26-11-13-27(14-12-26)23(28)16-24-21-15-20(9-10-22(21)32-2)33(29,30)25-17-3-4-17/h5-10,15,17,24-25H,3-4,11-14,16H2,1-2H3. The zero-order valence-corrected chi connectivity index (χ0v) is 19.7. The number of rotatable bonds is 9. The molecule has 2 fully saturated rings. The molecule has 0 atom stereocenters. The third-order valence-corrected chi connectivity index (χ3v) is 7.40. The van der Waals surface area contributed by atoms with Crippen LogP contribution < -0.4 is 24.4 Å². The molecule has 0 unspecified atom stereocenters. The van der Waals surface area contributed by atoms with Crippen LogP contribution in [0.4, 0.5) is 11.4 Å². The number of hydrogen-bond donors (Lipinski definition) is 2. The summed E-state index contributed by atoms with van der Waals surface area (Å²) in [7, 11) is -0.441. The molecule has 2 aliphatic rings. The molecule has 0 spiro atoms. The zero-order chi connectivity index (χ0) is 23.4. The van der Waals surface area contributed by atoms with Gasteiger partial charge in [-0.1, -0.05) is 0 Å². The molecule has 2 aromatic carbocycles. The molecule has 1 heterocycles. The number of piperazine rings is 1. The fraction of sp³-hybridized carbons (Fsp3) is 0.435. The first-order chi connectivity index (χ1) is 15.9. The molecule has 2 aromatic rings. The number of benzene rings is 2. The number of nitrogens with one attached hydrogen (secondary N) is 2. The molecular weight excluding hydrogens is 444 g/mol. The molecule has 4 rings (SSSR count). The summed E-state index contributed by atoms with van der Waals surface area (Å²) in [6, 6.07) is 12.5. The Kier molecular flexibility index (Phi) is 6.94. The average Bonchev–Trinajstić information content (AvgIpc) is 3.65. The fourth-order valence-electron chi connectivity index (χ4n) is 3.77. The molecule has 1 amide bonds. The van der Waals surface area contributed by atoms with Crippen molar-refractivity contribution in [1.82, 2.24) is 9.62 Å². The molecule has 178 valence electrons. The van der Waals surface area contributed by atoms with Crippen LogP contribution in [-0.2, 0) is 14.8 Å². The second-order valence-corrected chi connectivity index (χ2v) is 9.89. The summed E-state index contributed by atoms with van der Waals surface area (Å²) in [6.07, 6.45) is 1.72. The zero-order valence-electron chi connectivity index (χ0n) is 18.9. The van der Waals surface area contributed by atoms with E-state index in [0.717, 1.165) is 37.4 Å². The van der Waals surface area contributed by atoms with Gasteiger partial charge in [-0.05, 0) is 55.3 Å². The van der Waals surface area contributed by atoms with Crippen LogP contribution in [0, 0.1) is 0 Å². The lowest BCUT2D eigenvalue weighted by Crippen LogP contribution is -2.50. The average molecular weight is 475 g/mol. The molecule has 0 aromatic heterocycles. The topological polar surface area (TPSA) is 100 Å².